The van der Waals surface area contributed by atoms with Gasteiger partial charge in [0.15, 0.2) is 0 Å². The zero-order valence-corrected chi connectivity index (χ0v) is 20.1. The Balaban J connectivity index is 1.69. The SMILES string of the molecule is CCC1CC(=O)N[C@@H]1COc1ncc(C#CC2CCC(C)CC2)c2cc(C(N)=O)c(OC)cc12. The van der Waals surface area contributed by atoms with Gasteiger partial charge in [0, 0.05) is 29.3 Å². The van der Waals surface area contributed by atoms with Gasteiger partial charge in [-0.1, -0.05) is 32.1 Å². The van der Waals surface area contributed by atoms with Crippen LogP contribution < -0.4 is 20.5 Å². The number of carbonyl (C=O) groups excluding carboxylic acids is 2. The summed E-state index contributed by atoms with van der Waals surface area (Å²) in [5, 5.41) is 4.44. The summed E-state index contributed by atoms with van der Waals surface area (Å²) in [7, 11) is 1.50. The number of hydrogen-bond donors (Lipinski definition) is 2. The van der Waals surface area contributed by atoms with Crippen molar-refractivity contribution < 1.29 is 19.1 Å². The molecule has 7 heteroatoms. The molecule has 1 aliphatic carbocycles. The van der Waals surface area contributed by atoms with Gasteiger partial charge < -0.3 is 20.5 Å². The van der Waals surface area contributed by atoms with Gasteiger partial charge in [0.25, 0.3) is 5.91 Å². The number of pyridine rings is 1. The number of hydrogen-bond acceptors (Lipinski definition) is 5. The highest BCUT2D eigenvalue weighted by atomic mass is 16.5. The fourth-order valence-electron chi connectivity index (χ4n) is 4.94. The molecular weight excluding hydrogens is 430 g/mol. The lowest BCUT2D eigenvalue weighted by Crippen LogP contribution is -2.34. The van der Waals surface area contributed by atoms with Crippen LogP contribution in [0, 0.1) is 29.6 Å². The van der Waals surface area contributed by atoms with Gasteiger partial charge in [0.2, 0.25) is 11.8 Å². The minimum Gasteiger partial charge on any atom is -0.496 e. The molecule has 1 unspecified atom stereocenters. The van der Waals surface area contributed by atoms with Crippen LogP contribution in [-0.4, -0.2) is 36.6 Å². The van der Waals surface area contributed by atoms with Crippen molar-refractivity contribution in [3.63, 3.8) is 0 Å². The maximum absolute atomic E-state index is 12.1. The standard InChI is InChI=1S/C27H33N3O4/c1-4-18-11-25(31)30-23(18)15-34-27-21-13-24(33-3)22(26(28)32)12-20(21)19(14-29-27)10-9-17-7-5-16(2)6-8-17/h12-14,16-18,23H,4-8,11,15H2,1-3H3,(H2,28,32)(H,30,31)/t16?,17?,18?,23-/m1/s1. The van der Waals surface area contributed by atoms with E-state index in [1.54, 1.807) is 18.3 Å². The van der Waals surface area contributed by atoms with Crippen molar-refractivity contribution in [3.8, 4) is 23.5 Å². The molecular formula is C27H33N3O4. The third-order valence-corrected chi connectivity index (χ3v) is 7.15. The molecule has 1 aliphatic heterocycles. The van der Waals surface area contributed by atoms with Gasteiger partial charge >= 0.3 is 0 Å². The van der Waals surface area contributed by atoms with Gasteiger partial charge in [-0.3, -0.25) is 9.59 Å². The van der Waals surface area contributed by atoms with Crippen molar-refractivity contribution in [2.24, 2.45) is 23.5 Å². The number of ether oxygens (including phenoxy) is 2. The molecule has 0 spiro atoms. The van der Waals surface area contributed by atoms with Crippen LogP contribution in [0.1, 0.15) is 68.3 Å². The third-order valence-electron chi connectivity index (χ3n) is 7.15. The number of nitrogens with zero attached hydrogens (tertiary/aromatic N) is 1. The molecule has 2 atom stereocenters. The number of nitrogens with one attached hydrogen (secondary N) is 1. The molecule has 7 nitrogen and oxygen atoms in total. The first-order chi connectivity index (χ1) is 16.4. The Hall–Kier alpha value is -3.27. The van der Waals surface area contributed by atoms with Gasteiger partial charge in [-0.05, 0) is 49.7 Å². The Morgan fingerprint density at radius 2 is 2.00 bits per heavy atom. The Kier molecular flexibility index (Phi) is 7.26. The van der Waals surface area contributed by atoms with Crippen molar-refractivity contribution in [2.45, 2.75) is 58.4 Å². The van der Waals surface area contributed by atoms with Crippen molar-refractivity contribution in [2.75, 3.05) is 13.7 Å². The molecule has 1 saturated heterocycles. The van der Waals surface area contributed by atoms with E-state index in [2.05, 4.69) is 36.0 Å². The lowest BCUT2D eigenvalue weighted by molar-refractivity contribution is -0.119. The molecule has 34 heavy (non-hydrogen) atoms. The zero-order valence-electron chi connectivity index (χ0n) is 20.1. The highest BCUT2D eigenvalue weighted by Gasteiger charge is 2.31. The topological polar surface area (TPSA) is 104 Å². The molecule has 4 rings (SSSR count). The van der Waals surface area contributed by atoms with Crippen LogP contribution in [0.15, 0.2) is 18.3 Å². The zero-order chi connectivity index (χ0) is 24.2. The number of rotatable bonds is 6. The van der Waals surface area contributed by atoms with E-state index in [-0.39, 0.29) is 23.4 Å². The number of nitrogens with two attached hydrogens (primary N) is 1. The maximum Gasteiger partial charge on any atom is 0.252 e. The molecule has 0 bridgehead atoms. The van der Waals surface area contributed by atoms with Crippen LogP contribution in [0.25, 0.3) is 10.8 Å². The molecule has 1 saturated carbocycles. The maximum atomic E-state index is 12.1. The number of carbonyl (C=O) groups is 2. The summed E-state index contributed by atoms with van der Waals surface area (Å²) in [6.45, 7) is 4.68. The highest BCUT2D eigenvalue weighted by Crippen LogP contribution is 2.34. The van der Waals surface area contributed by atoms with Gasteiger partial charge in [0.1, 0.15) is 12.4 Å². The van der Waals surface area contributed by atoms with Crippen molar-refractivity contribution in [1.82, 2.24) is 10.3 Å². The summed E-state index contributed by atoms with van der Waals surface area (Å²) in [4.78, 5) is 28.5. The first-order valence-corrected chi connectivity index (χ1v) is 12.1. The number of fused-ring (bicyclic) bond motifs is 1. The van der Waals surface area contributed by atoms with E-state index >= 15 is 0 Å². The quantitative estimate of drug-likeness (QED) is 0.634. The van der Waals surface area contributed by atoms with E-state index in [9.17, 15) is 9.59 Å². The molecule has 1 aromatic heterocycles. The first kappa shape index (κ1) is 23.9. The lowest BCUT2D eigenvalue weighted by atomic mass is 9.83. The Morgan fingerprint density at radius 3 is 2.68 bits per heavy atom. The smallest absolute Gasteiger partial charge is 0.252 e. The molecule has 2 amide bonds. The van der Waals surface area contributed by atoms with Gasteiger partial charge in [-0.2, -0.15) is 0 Å². The van der Waals surface area contributed by atoms with Crippen molar-refractivity contribution in [3.05, 3.63) is 29.5 Å². The average molecular weight is 464 g/mol. The van der Waals surface area contributed by atoms with E-state index < -0.39 is 5.91 Å². The van der Waals surface area contributed by atoms with Crippen LogP contribution >= 0.6 is 0 Å². The second-order valence-electron chi connectivity index (χ2n) is 9.52. The predicted molar refractivity (Wildman–Crippen MR) is 131 cm³/mol. The molecule has 2 fully saturated rings. The molecule has 2 heterocycles. The number of aromatic nitrogens is 1. The summed E-state index contributed by atoms with van der Waals surface area (Å²) < 4.78 is 11.5. The van der Waals surface area contributed by atoms with Gasteiger partial charge in [-0.15, -0.1) is 0 Å². The van der Waals surface area contributed by atoms with E-state index in [4.69, 9.17) is 15.2 Å². The Labute approximate surface area is 200 Å². The van der Waals surface area contributed by atoms with Crippen LogP contribution in [0.5, 0.6) is 11.6 Å². The second kappa shape index (κ2) is 10.3. The van der Waals surface area contributed by atoms with Crippen LogP contribution in [0.3, 0.4) is 0 Å². The molecule has 1 aromatic carbocycles. The van der Waals surface area contributed by atoms with Crippen molar-refractivity contribution >= 4 is 22.6 Å². The highest BCUT2D eigenvalue weighted by molar-refractivity contribution is 6.03. The summed E-state index contributed by atoms with van der Waals surface area (Å²) in [6.07, 6.45) is 7.71. The van der Waals surface area contributed by atoms with Gasteiger partial charge in [-0.25, -0.2) is 4.98 Å². The average Bonchev–Trinajstić information content (AvgIpc) is 3.21. The normalized spacial score (nSPS) is 24.3. The summed E-state index contributed by atoms with van der Waals surface area (Å²) in [6, 6.07) is 3.38. The van der Waals surface area contributed by atoms with E-state index in [0.717, 1.165) is 36.1 Å². The molecule has 2 aromatic rings. The van der Waals surface area contributed by atoms with E-state index in [1.165, 1.54) is 20.0 Å². The minimum atomic E-state index is -0.572. The summed E-state index contributed by atoms with van der Waals surface area (Å²) in [5.74, 6) is 8.34. The lowest BCUT2D eigenvalue weighted by Gasteiger charge is -2.22. The molecule has 0 radical (unpaired) electrons. The number of amides is 2. The monoisotopic (exact) mass is 463 g/mol. The molecule has 3 N–H and O–H groups in total. The molecule has 180 valence electrons. The third kappa shape index (κ3) is 5.11. The van der Waals surface area contributed by atoms with E-state index in [1.807, 2.05) is 0 Å². The van der Waals surface area contributed by atoms with Crippen LogP contribution in [0.2, 0.25) is 0 Å². The predicted octanol–water partition coefficient (Wildman–Crippen LogP) is 3.81. The Morgan fingerprint density at radius 1 is 1.24 bits per heavy atom. The second-order valence-corrected chi connectivity index (χ2v) is 9.52. The minimum absolute atomic E-state index is 0.0498. The Bertz CT molecular complexity index is 1140. The largest absolute Gasteiger partial charge is 0.496 e. The summed E-state index contributed by atoms with van der Waals surface area (Å²) >= 11 is 0. The molecule has 2 aliphatic rings. The number of primary amides is 1. The fourth-order valence-corrected chi connectivity index (χ4v) is 4.94. The number of benzene rings is 1. The first-order valence-electron chi connectivity index (χ1n) is 12.1. The van der Waals surface area contributed by atoms with Crippen LogP contribution in [-0.2, 0) is 4.79 Å². The summed E-state index contributed by atoms with van der Waals surface area (Å²) in [5.41, 5.74) is 6.63. The van der Waals surface area contributed by atoms with E-state index in [0.29, 0.717) is 36.0 Å². The van der Waals surface area contributed by atoms with Gasteiger partial charge in [0.05, 0.1) is 24.3 Å². The van der Waals surface area contributed by atoms with Crippen LogP contribution in [0.4, 0.5) is 0 Å². The van der Waals surface area contributed by atoms with Crippen molar-refractivity contribution in [1.29, 1.82) is 0 Å². The number of methoxy groups -OCH3 is 1. The fraction of sp³-hybridized carbons (Fsp3) is 0.519.